The lowest BCUT2D eigenvalue weighted by molar-refractivity contribution is 0.101. The fourth-order valence-electron chi connectivity index (χ4n) is 1.07. The predicted molar refractivity (Wildman–Crippen MR) is 55.4 cm³/mol. The molecule has 5 heteroatoms. The van der Waals surface area contributed by atoms with Crippen LogP contribution >= 0.6 is 23.9 Å². The van der Waals surface area contributed by atoms with Crippen LogP contribution in [0.4, 0.5) is 0 Å². The van der Waals surface area contributed by atoms with Gasteiger partial charge in [0, 0.05) is 5.39 Å². The maximum Gasteiger partial charge on any atom is 0.261 e. The van der Waals surface area contributed by atoms with Crippen molar-refractivity contribution in [1.82, 2.24) is 4.37 Å². The van der Waals surface area contributed by atoms with Gasteiger partial charge < -0.3 is 5.73 Å². The molecule has 3 nitrogen and oxygen atoms in total. The van der Waals surface area contributed by atoms with E-state index in [1.54, 1.807) is 0 Å². The van der Waals surface area contributed by atoms with Gasteiger partial charge in [0.15, 0.2) is 0 Å². The molecule has 0 bridgehead atoms. The Bertz CT molecular complexity index is 440. The molecule has 1 amide bonds. The fourth-order valence-corrected chi connectivity index (χ4v) is 1.78. The molecule has 0 saturated heterocycles. The van der Waals surface area contributed by atoms with Crippen molar-refractivity contribution in [2.75, 3.05) is 0 Å². The Hall–Kier alpha value is -1.13. The van der Waals surface area contributed by atoms with E-state index in [0.29, 0.717) is 4.88 Å². The zero-order chi connectivity index (χ0) is 8.55. The van der Waals surface area contributed by atoms with Crippen LogP contribution in [0.5, 0.6) is 0 Å². The van der Waals surface area contributed by atoms with Gasteiger partial charge in [-0.1, -0.05) is 18.2 Å². The standard InChI is InChI=1S/C8H6N2OS.ClH/c9-8(11)7-5-3-1-2-4-6(5)10-12-7;/h1-4H,(H2,9,11);1H. The maximum absolute atomic E-state index is 10.9. The second-order valence-electron chi connectivity index (χ2n) is 2.39. The first kappa shape index (κ1) is 9.95. The van der Waals surface area contributed by atoms with Gasteiger partial charge in [-0.2, -0.15) is 4.37 Å². The van der Waals surface area contributed by atoms with E-state index in [9.17, 15) is 4.79 Å². The molecule has 0 aliphatic heterocycles. The van der Waals surface area contributed by atoms with Crippen LogP contribution in [-0.2, 0) is 0 Å². The summed E-state index contributed by atoms with van der Waals surface area (Å²) in [5, 5.41) is 0.843. The van der Waals surface area contributed by atoms with Crippen LogP contribution in [0.1, 0.15) is 9.67 Å². The fraction of sp³-hybridized carbons (Fsp3) is 0. The first-order valence-electron chi connectivity index (χ1n) is 3.43. The molecular formula is C8H7ClN2OS. The summed E-state index contributed by atoms with van der Waals surface area (Å²) in [5.74, 6) is -0.409. The van der Waals surface area contributed by atoms with E-state index in [1.165, 1.54) is 0 Å². The monoisotopic (exact) mass is 214 g/mol. The molecule has 0 unspecified atom stereocenters. The van der Waals surface area contributed by atoms with Gasteiger partial charge in [0.25, 0.3) is 5.91 Å². The van der Waals surface area contributed by atoms with E-state index < -0.39 is 5.91 Å². The first-order valence-corrected chi connectivity index (χ1v) is 4.20. The second-order valence-corrected chi connectivity index (χ2v) is 3.17. The predicted octanol–water partition coefficient (Wildman–Crippen LogP) is 1.82. The molecule has 0 saturated carbocycles. The molecule has 1 aromatic heterocycles. The van der Waals surface area contributed by atoms with Crippen molar-refractivity contribution in [2.45, 2.75) is 0 Å². The summed E-state index contributed by atoms with van der Waals surface area (Å²) >= 11 is 1.15. The summed E-state index contributed by atoms with van der Waals surface area (Å²) in [5.41, 5.74) is 5.99. The third-order valence-electron chi connectivity index (χ3n) is 1.61. The molecule has 2 rings (SSSR count). The van der Waals surface area contributed by atoms with Crippen LogP contribution in [0.25, 0.3) is 10.9 Å². The van der Waals surface area contributed by atoms with Gasteiger partial charge in [0.05, 0.1) is 5.52 Å². The number of hydrogen-bond acceptors (Lipinski definition) is 3. The van der Waals surface area contributed by atoms with Crippen molar-refractivity contribution < 1.29 is 4.79 Å². The van der Waals surface area contributed by atoms with Crippen molar-refractivity contribution in [3.63, 3.8) is 0 Å². The highest BCUT2D eigenvalue weighted by molar-refractivity contribution is 7.09. The molecular weight excluding hydrogens is 208 g/mol. The third-order valence-corrected chi connectivity index (χ3v) is 2.50. The SMILES string of the molecule is Cl.NC(=O)c1snc2ccccc12. The zero-order valence-electron chi connectivity index (χ0n) is 6.56. The Morgan fingerprint density at radius 3 is 2.77 bits per heavy atom. The number of fused-ring (bicyclic) bond motifs is 1. The Morgan fingerprint density at radius 2 is 2.08 bits per heavy atom. The summed E-state index contributed by atoms with van der Waals surface area (Å²) < 4.78 is 4.08. The lowest BCUT2D eigenvalue weighted by Gasteiger charge is -1.88. The van der Waals surface area contributed by atoms with E-state index >= 15 is 0 Å². The van der Waals surface area contributed by atoms with E-state index in [0.717, 1.165) is 22.4 Å². The number of benzene rings is 1. The van der Waals surface area contributed by atoms with Gasteiger partial charge in [-0.3, -0.25) is 4.79 Å². The minimum atomic E-state index is -0.409. The number of halogens is 1. The van der Waals surface area contributed by atoms with Crippen LogP contribution < -0.4 is 5.73 Å². The molecule has 0 spiro atoms. The van der Waals surface area contributed by atoms with E-state index in [4.69, 9.17) is 5.73 Å². The van der Waals surface area contributed by atoms with Crippen LogP contribution in [0.15, 0.2) is 24.3 Å². The highest BCUT2D eigenvalue weighted by atomic mass is 35.5. The molecule has 2 aromatic rings. The van der Waals surface area contributed by atoms with Crippen molar-refractivity contribution in [1.29, 1.82) is 0 Å². The van der Waals surface area contributed by atoms with Crippen molar-refractivity contribution in [3.8, 4) is 0 Å². The molecule has 0 atom stereocenters. The number of nitrogens with zero attached hydrogens (tertiary/aromatic N) is 1. The summed E-state index contributed by atoms with van der Waals surface area (Å²) in [4.78, 5) is 11.4. The zero-order valence-corrected chi connectivity index (χ0v) is 8.19. The van der Waals surface area contributed by atoms with Crippen molar-refractivity contribution in [2.24, 2.45) is 5.73 Å². The third kappa shape index (κ3) is 1.64. The molecule has 1 heterocycles. The molecule has 0 aliphatic rings. The van der Waals surface area contributed by atoms with Crippen LogP contribution in [0.3, 0.4) is 0 Å². The van der Waals surface area contributed by atoms with Gasteiger partial charge in [-0.15, -0.1) is 12.4 Å². The van der Waals surface area contributed by atoms with E-state index in [1.807, 2.05) is 24.3 Å². The Balaban J connectivity index is 0.000000845. The average Bonchev–Trinajstić information content (AvgIpc) is 2.47. The number of nitrogens with two attached hydrogens (primary N) is 1. The minimum absolute atomic E-state index is 0. The van der Waals surface area contributed by atoms with Gasteiger partial charge in [0.1, 0.15) is 4.88 Å². The van der Waals surface area contributed by atoms with E-state index in [-0.39, 0.29) is 12.4 Å². The second kappa shape index (κ2) is 3.72. The number of amides is 1. The first-order chi connectivity index (χ1) is 5.79. The Labute approximate surface area is 85.1 Å². The largest absolute Gasteiger partial charge is 0.365 e. The molecule has 68 valence electrons. The van der Waals surface area contributed by atoms with Gasteiger partial charge in [-0.05, 0) is 17.6 Å². The highest BCUT2D eigenvalue weighted by Gasteiger charge is 2.08. The Morgan fingerprint density at radius 1 is 1.38 bits per heavy atom. The quantitative estimate of drug-likeness (QED) is 0.787. The van der Waals surface area contributed by atoms with Crippen molar-refractivity contribution in [3.05, 3.63) is 29.1 Å². The molecule has 2 N–H and O–H groups in total. The number of carbonyl (C=O) groups is 1. The number of aromatic nitrogens is 1. The lowest BCUT2D eigenvalue weighted by atomic mass is 10.2. The molecule has 0 aliphatic carbocycles. The normalized spacial score (nSPS) is 9.54. The highest BCUT2D eigenvalue weighted by Crippen LogP contribution is 2.20. The summed E-state index contributed by atoms with van der Waals surface area (Å²) in [6.45, 7) is 0. The van der Waals surface area contributed by atoms with Crippen LogP contribution in [-0.4, -0.2) is 10.3 Å². The van der Waals surface area contributed by atoms with Gasteiger partial charge in [-0.25, -0.2) is 0 Å². The number of rotatable bonds is 1. The molecule has 0 fully saturated rings. The number of primary amides is 1. The van der Waals surface area contributed by atoms with Gasteiger partial charge >= 0.3 is 0 Å². The topological polar surface area (TPSA) is 56.0 Å². The Kier molecular flexibility index (Phi) is 2.85. The molecule has 13 heavy (non-hydrogen) atoms. The number of carbonyl (C=O) groups excluding carboxylic acids is 1. The smallest absolute Gasteiger partial charge is 0.261 e. The minimum Gasteiger partial charge on any atom is -0.365 e. The average molecular weight is 215 g/mol. The van der Waals surface area contributed by atoms with Gasteiger partial charge in [0.2, 0.25) is 0 Å². The van der Waals surface area contributed by atoms with E-state index in [2.05, 4.69) is 4.37 Å². The molecule has 0 radical (unpaired) electrons. The summed E-state index contributed by atoms with van der Waals surface area (Å²) in [6.07, 6.45) is 0. The maximum atomic E-state index is 10.9. The number of hydrogen-bond donors (Lipinski definition) is 1. The van der Waals surface area contributed by atoms with Crippen LogP contribution in [0, 0.1) is 0 Å². The summed E-state index contributed by atoms with van der Waals surface area (Å²) in [6, 6.07) is 7.45. The molecule has 1 aromatic carbocycles. The summed E-state index contributed by atoms with van der Waals surface area (Å²) in [7, 11) is 0. The lowest BCUT2D eigenvalue weighted by Crippen LogP contribution is -2.08. The van der Waals surface area contributed by atoms with Crippen molar-refractivity contribution >= 4 is 40.7 Å². The van der Waals surface area contributed by atoms with Crippen LogP contribution in [0.2, 0.25) is 0 Å².